The number of imidazole rings is 1. The zero-order valence-electron chi connectivity index (χ0n) is 12.9. The van der Waals surface area contributed by atoms with Gasteiger partial charge in [0.25, 0.3) is 0 Å². The van der Waals surface area contributed by atoms with Gasteiger partial charge < -0.3 is 10.3 Å². The first-order chi connectivity index (χ1) is 9.29. The molecule has 20 heavy (non-hydrogen) atoms. The lowest BCUT2D eigenvalue weighted by Gasteiger charge is -2.25. The van der Waals surface area contributed by atoms with E-state index in [4.69, 9.17) is 10.7 Å². The molecule has 1 fully saturated rings. The van der Waals surface area contributed by atoms with Gasteiger partial charge in [0.1, 0.15) is 17.3 Å². The van der Waals surface area contributed by atoms with Crippen LogP contribution in [-0.2, 0) is 12.6 Å². The molecule has 0 unspecified atom stereocenters. The fourth-order valence-electron chi connectivity index (χ4n) is 2.80. The third kappa shape index (κ3) is 2.01. The molecular formula is C15H23N5. The van der Waals surface area contributed by atoms with Crippen molar-refractivity contribution in [3.8, 4) is 11.3 Å². The van der Waals surface area contributed by atoms with Gasteiger partial charge in [-0.15, -0.1) is 0 Å². The second kappa shape index (κ2) is 4.11. The molecule has 1 saturated carbocycles. The highest BCUT2D eigenvalue weighted by Crippen LogP contribution is 2.44. The van der Waals surface area contributed by atoms with Crippen LogP contribution in [-0.4, -0.2) is 19.3 Å². The Kier molecular flexibility index (Phi) is 2.71. The van der Waals surface area contributed by atoms with E-state index in [1.165, 1.54) is 12.8 Å². The van der Waals surface area contributed by atoms with Crippen LogP contribution >= 0.6 is 0 Å². The molecule has 0 spiro atoms. The Morgan fingerprint density at radius 3 is 2.40 bits per heavy atom. The van der Waals surface area contributed by atoms with Gasteiger partial charge in [0.15, 0.2) is 0 Å². The highest BCUT2D eigenvalue weighted by molar-refractivity contribution is 5.72. The molecule has 108 valence electrons. The van der Waals surface area contributed by atoms with E-state index in [1.807, 2.05) is 24.9 Å². The number of aryl methyl sites for hydroxylation is 2. The number of rotatable bonds is 2. The lowest BCUT2D eigenvalue weighted by atomic mass is 10.1. The molecule has 0 aliphatic heterocycles. The van der Waals surface area contributed by atoms with Gasteiger partial charge >= 0.3 is 0 Å². The smallest absolute Gasteiger partial charge is 0.132 e. The third-order valence-electron chi connectivity index (χ3n) is 3.82. The first-order valence-electron chi connectivity index (χ1n) is 7.18. The topological polar surface area (TPSA) is 61.7 Å². The molecule has 3 rings (SSSR count). The maximum Gasteiger partial charge on any atom is 0.132 e. The maximum atomic E-state index is 6.43. The zero-order chi connectivity index (χ0) is 14.7. The van der Waals surface area contributed by atoms with Gasteiger partial charge in [0, 0.05) is 30.3 Å². The number of hydrogen-bond acceptors (Lipinski definition) is 3. The van der Waals surface area contributed by atoms with Crippen molar-refractivity contribution < 1.29 is 0 Å². The minimum atomic E-state index is -0.0522. The van der Waals surface area contributed by atoms with E-state index in [1.54, 1.807) is 0 Å². The number of nitrogens with zero attached hydrogens (tertiary/aromatic N) is 4. The Morgan fingerprint density at radius 1 is 1.30 bits per heavy atom. The second-order valence-corrected chi connectivity index (χ2v) is 6.79. The number of hydrogen-bond donors (Lipinski definition) is 1. The lowest BCUT2D eigenvalue weighted by molar-refractivity contribution is 0.388. The van der Waals surface area contributed by atoms with Gasteiger partial charge in [0.05, 0.1) is 5.69 Å². The van der Waals surface area contributed by atoms with Crippen LogP contribution in [0.2, 0.25) is 0 Å². The second-order valence-electron chi connectivity index (χ2n) is 6.79. The van der Waals surface area contributed by atoms with Crippen LogP contribution in [0.3, 0.4) is 0 Å². The van der Waals surface area contributed by atoms with Crippen molar-refractivity contribution in [1.29, 1.82) is 0 Å². The van der Waals surface area contributed by atoms with Crippen molar-refractivity contribution in [2.24, 2.45) is 7.05 Å². The molecule has 0 bridgehead atoms. The van der Waals surface area contributed by atoms with Crippen LogP contribution < -0.4 is 5.73 Å². The molecule has 0 saturated heterocycles. The molecule has 1 aliphatic carbocycles. The summed E-state index contributed by atoms with van der Waals surface area (Å²) in [5, 5.41) is 4.40. The average molecular weight is 273 g/mol. The number of nitrogens with two attached hydrogens (primary N) is 1. The molecule has 5 heteroatoms. The summed E-state index contributed by atoms with van der Waals surface area (Å²) in [7, 11) is 1.93. The Balaban J connectivity index is 2.20. The summed E-state index contributed by atoms with van der Waals surface area (Å²) in [6.07, 6.45) is 4.44. The van der Waals surface area contributed by atoms with Crippen molar-refractivity contribution in [2.45, 2.75) is 52.0 Å². The maximum absolute atomic E-state index is 6.43. The van der Waals surface area contributed by atoms with E-state index >= 15 is 0 Å². The molecule has 1 aliphatic rings. The Hall–Kier alpha value is -1.78. The molecule has 0 radical (unpaired) electrons. The molecular weight excluding hydrogens is 250 g/mol. The SMILES string of the molecule is Cc1nn(C)cc1-c1nc(C2CC2)n(C(C)(C)C)c1N. The summed E-state index contributed by atoms with van der Waals surface area (Å²) in [5.74, 6) is 2.46. The molecule has 2 N–H and O–H groups in total. The summed E-state index contributed by atoms with van der Waals surface area (Å²) < 4.78 is 4.02. The van der Waals surface area contributed by atoms with E-state index in [0.717, 1.165) is 28.6 Å². The normalized spacial score (nSPS) is 15.8. The average Bonchev–Trinajstić information content (AvgIpc) is 3.01. The van der Waals surface area contributed by atoms with E-state index in [-0.39, 0.29) is 5.54 Å². The van der Waals surface area contributed by atoms with Crippen LogP contribution in [0.5, 0.6) is 0 Å². The standard InChI is InChI=1S/C15H23N5/c1-9-11(8-19(5)18-9)12-13(16)20(15(2,3)4)14(17-12)10-6-7-10/h8,10H,6-7,16H2,1-5H3. The molecule has 0 aromatic carbocycles. The van der Waals surface area contributed by atoms with Crippen LogP contribution in [0, 0.1) is 6.92 Å². The highest BCUT2D eigenvalue weighted by atomic mass is 15.3. The first-order valence-corrected chi connectivity index (χ1v) is 7.18. The summed E-state index contributed by atoms with van der Waals surface area (Å²) >= 11 is 0. The van der Waals surface area contributed by atoms with E-state index in [0.29, 0.717) is 5.92 Å². The van der Waals surface area contributed by atoms with Gasteiger partial charge in [-0.1, -0.05) is 0 Å². The third-order valence-corrected chi connectivity index (χ3v) is 3.82. The van der Waals surface area contributed by atoms with E-state index in [2.05, 4.69) is 30.4 Å². The van der Waals surface area contributed by atoms with Crippen molar-refractivity contribution >= 4 is 5.82 Å². The minimum absolute atomic E-state index is 0.0522. The van der Waals surface area contributed by atoms with Crippen molar-refractivity contribution in [2.75, 3.05) is 5.73 Å². The summed E-state index contributed by atoms with van der Waals surface area (Å²) in [5.41, 5.74) is 9.27. The number of anilines is 1. The van der Waals surface area contributed by atoms with Gasteiger partial charge in [-0.3, -0.25) is 4.68 Å². The van der Waals surface area contributed by atoms with Gasteiger partial charge in [0.2, 0.25) is 0 Å². The molecule has 2 aromatic rings. The summed E-state index contributed by atoms with van der Waals surface area (Å²) in [6.45, 7) is 8.53. The van der Waals surface area contributed by atoms with Crippen LogP contribution in [0.25, 0.3) is 11.3 Å². The van der Waals surface area contributed by atoms with Gasteiger partial charge in [-0.25, -0.2) is 4.98 Å². The molecule has 2 aromatic heterocycles. The largest absolute Gasteiger partial charge is 0.383 e. The minimum Gasteiger partial charge on any atom is -0.383 e. The van der Waals surface area contributed by atoms with Gasteiger partial charge in [-0.05, 0) is 40.5 Å². The zero-order valence-corrected chi connectivity index (χ0v) is 12.9. The predicted molar refractivity (Wildman–Crippen MR) is 80.5 cm³/mol. The summed E-state index contributed by atoms with van der Waals surface area (Å²) in [4.78, 5) is 4.87. The van der Waals surface area contributed by atoms with Crippen molar-refractivity contribution in [3.05, 3.63) is 17.7 Å². The molecule has 0 amide bonds. The fourth-order valence-corrected chi connectivity index (χ4v) is 2.80. The van der Waals surface area contributed by atoms with Crippen LogP contribution in [0.4, 0.5) is 5.82 Å². The van der Waals surface area contributed by atoms with Crippen molar-refractivity contribution in [1.82, 2.24) is 19.3 Å². The van der Waals surface area contributed by atoms with E-state index < -0.39 is 0 Å². The lowest BCUT2D eigenvalue weighted by Crippen LogP contribution is -2.25. The van der Waals surface area contributed by atoms with Crippen LogP contribution in [0.1, 0.15) is 51.0 Å². The molecule has 0 atom stereocenters. The van der Waals surface area contributed by atoms with E-state index in [9.17, 15) is 0 Å². The number of nitrogen functional groups attached to an aromatic ring is 1. The predicted octanol–water partition coefficient (Wildman–Crippen LogP) is 2.81. The fraction of sp³-hybridized carbons (Fsp3) is 0.600. The van der Waals surface area contributed by atoms with Gasteiger partial charge in [-0.2, -0.15) is 5.10 Å². The monoisotopic (exact) mass is 273 g/mol. The quantitative estimate of drug-likeness (QED) is 0.915. The molecule has 5 nitrogen and oxygen atoms in total. The highest BCUT2D eigenvalue weighted by Gasteiger charge is 2.34. The van der Waals surface area contributed by atoms with Crippen LogP contribution in [0.15, 0.2) is 6.20 Å². The molecule has 2 heterocycles. The Labute approximate surface area is 119 Å². The first kappa shape index (κ1) is 13.2. The Morgan fingerprint density at radius 2 is 1.95 bits per heavy atom. The Bertz CT molecular complexity index is 653. The summed E-state index contributed by atoms with van der Waals surface area (Å²) in [6, 6.07) is 0. The van der Waals surface area contributed by atoms with Crippen molar-refractivity contribution in [3.63, 3.8) is 0 Å². The number of aromatic nitrogens is 4.